The Labute approximate surface area is 113 Å². The van der Waals surface area contributed by atoms with Gasteiger partial charge in [-0.05, 0) is 80.5 Å². The van der Waals surface area contributed by atoms with Gasteiger partial charge in [0.15, 0.2) is 0 Å². The van der Waals surface area contributed by atoms with Crippen molar-refractivity contribution in [2.45, 2.75) is 77.0 Å². The van der Waals surface area contributed by atoms with Crippen LogP contribution in [0.2, 0.25) is 0 Å². The Morgan fingerprint density at radius 3 is 1.00 bits per heavy atom. The second-order valence-corrected chi connectivity index (χ2v) is 8.35. The molecule has 6 bridgehead atoms. The molecule has 0 radical (unpaired) electrons. The third-order valence-electron chi connectivity index (χ3n) is 6.87. The van der Waals surface area contributed by atoms with E-state index in [9.17, 15) is 0 Å². The molecule has 0 aliphatic heterocycles. The van der Waals surface area contributed by atoms with Crippen LogP contribution in [0.25, 0.3) is 0 Å². The van der Waals surface area contributed by atoms with Gasteiger partial charge in [0.1, 0.15) is 0 Å². The second kappa shape index (κ2) is 4.84. The van der Waals surface area contributed by atoms with Gasteiger partial charge < -0.3 is 0 Å². The van der Waals surface area contributed by atoms with E-state index in [4.69, 9.17) is 0 Å². The van der Waals surface area contributed by atoms with Gasteiger partial charge in [-0.3, -0.25) is 0 Å². The maximum absolute atomic E-state index is 1.60. The maximum atomic E-state index is 1.60. The molecule has 0 saturated heterocycles. The summed E-state index contributed by atoms with van der Waals surface area (Å²) in [7, 11) is 0. The van der Waals surface area contributed by atoms with Crippen molar-refractivity contribution in [1.29, 1.82) is 0 Å². The Balaban J connectivity index is 0.000000101. The summed E-state index contributed by atoms with van der Waals surface area (Å²) in [4.78, 5) is 0. The largest absolute Gasteiger partial charge is 0.0528 e. The van der Waals surface area contributed by atoms with Crippen molar-refractivity contribution in [3.05, 3.63) is 0 Å². The quantitative estimate of drug-likeness (QED) is 0.535. The molecule has 6 rings (SSSR count). The molecule has 2 unspecified atom stereocenters. The molecule has 0 nitrogen and oxygen atoms in total. The third-order valence-corrected chi connectivity index (χ3v) is 6.87. The third kappa shape index (κ3) is 2.37. The van der Waals surface area contributed by atoms with Gasteiger partial charge in [0.05, 0.1) is 0 Å². The molecule has 6 saturated carbocycles. The topological polar surface area (TPSA) is 0 Å². The molecule has 0 aromatic heterocycles. The van der Waals surface area contributed by atoms with E-state index in [1.54, 1.807) is 70.6 Å². The lowest BCUT2D eigenvalue weighted by Gasteiger charge is -2.49. The van der Waals surface area contributed by atoms with E-state index in [1.165, 1.54) is 30.1 Å². The van der Waals surface area contributed by atoms with Crippen LogP contribution in [-0.4, -0.2) is 0 Å². The van der Waals surface area contributed by atoms with Crippen molar-refractivity contribution < 1.29 is 0 Å². The van der Waals surface area contributed by atoms with Gasteiger partial charge in [0, 0.05) is 0 Å². The van der Waals surface area contributed by atoms with E-state index in [1.807, 2.05) is 0 Å². The van der Waals surface area contributed by atoms with E-state index in [2.05, 4.69) is 0 Å². The van der Waals surface area contributed by atoms with E-state index in [0.717, 1.165) is 11.8 Å². The van der Waals surface area contributed by atoms with E-state index in [-0.39, 0.29) is 0 Å². The van der Waals surface area contributed by atoms with Crippen molar-refractivity contribution in [3.63, 3.8) is 0 Å². The Bertz CT molecular complexity index is 222. The summed E-state index contributed by atoms with van der Waals surface area (Å²) >= 11 is 0. The minimum Gasteiger partial charge on any atom is -0.0528 e. The SMILES string of the molecule is C1C2CC3CC1CC(C2)C3.C1CC2CCC(C1)C2. The van der Waals surface area contributed by atoms with Gasteiger partial charge in [-0.1, -0.05) is 32.1 Å². The summed E-state index contributed by atoms with van der Waals surface area (Å²) in [5.41, 5.74) is 0. The van der Waals surface area contributed by atoms with Gasteiger partial charge in [0.2, 0.25) is 0 Å². The van der Waals surface area contributed by atoms with Crippen LogP contribution in [-0.2, 0) is 0 Å². The molecule has 0 aromatic rings. The standard InChI is InChI=1S/C10H16.C8H14/c1-7-2-9-4-8(1)5-10(3-7)6-9;1-2-7-4-5-8(3-1)6-7/h7-10H,1-6H2;7-8H,1-6H2. The monoisotopic (exact) mass is 246 g/mol. The fourth-order valence-electron chi connectivity index (χ4n) is 6.38. The summed E-state index contributed by atoms with van der Waals surface area (Å²) in [6.45, 7) is 0. The Morgan fingerprint density at radius 2 is 0.667 bits per heavy atom. The average Bonchev–Trinajstić information content (AvgIpc) is 2.67. The molecule has 0 N–H and O–H groups in total. The first kappa shape index (κ1) is 11.8. The molecular weight excluding hydrogens is 216 g/mol. The normalized spacial score (nSPS) is 52.0. The van der Waals surface area contributed by atoms with Crippen LogP contribution in [0.5, 0.6) is 0 Å². The van der Waals surface area contributed by atoms with E-state index in [0.29, 0.717) is 0 Å². The highest BCUT2D eigenvalue weighted by Gasteiger charge is 2.41. The van der Waals surface area contributed by atoms with Crippen LogP contribution in [0, 0.1) is 35.5 Å². The predicted octanol–water partition coefficient (Wildman–Crippen LogP) is 5.42. The van der Waals surface area contributed by atoms with Crippen LogP contribution in [0.1, 0.15) is 77.0 Å². The minimum atomic E-state index is 1.16. The predicted molar refractivity (Wildman–Crippen MR) is 76.3 cm³/mol. The van der Waals surface area contributed by atoms with Crippen LogP contribution < -0.4 is 0 Å². The zero-order valence-electron chi connectivity index (χ0n) is 11.9. The first-order valence-electron chi connectivity index (χ1n) is 8.85. The lowest BCUT2D eigenvalue weighted by atomic mass is 9.56. The molecular formula is C18H30. The lowest BCUT2D eigenvalue weighted by molar-refractivity contribution is 0.0198. The molecule has 6 fully saturated rings. The highest BCUT2D eigenvalue weighted by Crippen LogP contribution is 2.53. The van der Waals surface area contributed by atoms with Crippen molar-refractivity contribution >= 4 is 0 Å². The van der Waals surface area contributed by atoms with Crippen molar-refractivity contribution in [2.24, 2.45) is 35.5 Å². The maximum Gasteiger partial charge on any atom is -0.0406 e. The number of hydrogen-bond donors (Lipinski definition) is 0. The smallest absolute Gasteiger partial charge is 0.0406 e. The molecule has 0 aromatic carbocycles. The van der Waals surface area contributed by atoms with Crippen LogP contribution in [0.15, 0.2) is 0 Å². The Hall–Kier alpha value is 0. The van der Waals surface area contributed by atoms with Crippen molar-refractivity contribution in [1.82, 2.24) is 0 Å². The molecule has 102 valence electrons. The highest BCUT2D eigenvalue weighted by atomic mass is 14.5. The van der Waals surface area contributed by atoms with Gasteiger partial charge in [-0.25, -0.2) is 0 Å². The van der Waals surface area contributed by atoms with Gasteiger partial charge >= 0.3 is 0 Å². The van der Waals surface area contributed by atoms with Crippen molar-refractivity contribution in [3.8, 4) is 0 Å². The van der Waals surface area contributed by atoms with Gasteiger partial charge in [-0.15, -0.1) is 0 Å². The minimum absolute atomic E-state index is 1.16. The zero-order valence-corrected chi connectivity index (χ0v) is 11.9. The molecule has 0 heteroatoms. The first-order valence-corrected chi connectivity index (χ1v) is 8.85. The van der Waals surface area contributed by atoms with Crippen LogP contribution >= 0.6 is 0 Å². The molecule has 0 amide bonds. The van der Waals surface area contributed by atoms with Gasteiger partial charge in [-0.2, -0.15) is 0 Å². The van der Waals surface area contributed by atoms with E-state index >= 15 is 0 Å². The Kier molecular flexibility index (Phi) is 3.17. The number of fused-ring (bicyclic) bond motifs is 2. The van der Waals surface area contributed by atoms with Crippen LogP contribution in [0.3, 0.4) is 0 Å². The summed E-state index contributed by atoms with van der Waals surface area (Å²) in [5, 5.41) is 0. The average molecular weight is 246 g/mol. The second-order valence-electron chi connectivity index (χ2n) is 8.35. The molecule has 6 aliphatic carbocycles. The van der Waals surface area contributed by atoms with Crippen LogP contribution in [0.4, 0.5) is 0 Å². The summed E-state index contributed by atoms with van der Waals surface area (Å²) < 4.78 is 0. The molecule has 0 spiro atoms. The first-order chi connectivity index (χ1) is 8.85. The molecule has 0 heterocycles. The zero-order chi connectivity index (χ0) is 11.9. The van der Waals surface area contributed by atoms with Gasteiger partial charge in [0.25, 0.3) is 0 Å². The fraction of sp³-hybridized carbons (Fsp3) is 1.00. The molecule has 6 aliphatic rings. The fourth-order valence-corrected chi connectivity index (χ4v) is 6.38. The Morgan fingerprint density at radius 1 is 0.333 bits per heavy atom. The summed E-state index contributed by atoms with van der Waals surface area (Å²) in [6.07, 6.45) is 19.0. The summed E-state index contributed by atoms with van der Waals surface area (Å²) in [5.74, 6) is 7.03. The lowest BCUT2D eigenvalue weighted by Crippen LogP contribution is -2.38. The molecule has 18 heavy (non-hydrogen) atoms. The summed E-state index contributed by atoms with van der Waals surface area (Å²) in [6, 6.07) is 0. The van der Waals surface area contributed by atoms with Crippen molar-refractivity contribution in [2.75, 3.05) is 0 Å². The molecule has 2 atom stereocenters. The van der Waals surface area contributed by atoms with E-state index < -0.39 is 0 Å². The highest BCUT2D eigenvalue weighted by molar-refractivity contribution is 4.92. The number of rotatable bonds is 0. The number of hydrogen-bond acceptors (Lipinski definition) is 0.